The fourth-order valence-electron chi connectivity index (χ4n) is 3.45. The van der Waals surface area contributed by atoms with Crippen LogP contribution in [0.4, 0.5) is 5.13 Å². The van der Waals surface area contributed by atoms with Gasteiger partial charge in [-0.1, -0.05) is 26.2 Å². The normalized spacial score (nSPS) is 20.1. The first-order valence-corrected chi connectivity index (χ1v) is 9.52. The molecule has 2 heterocycles. The van der Waals surface area contributed by atoms with E-state index in [9.17, 15) is 4.79 Å². The summed E-state index contributed by atoms with van der Waals surface area (Å²) in [6.07, 6.45) is 10.1. The predicted octanol–water partition coefficient (Wildman–Crippen LogP) is 3.62. The number of carbonyl (C=O) groups excluding carboxylic acids is 1. The molecule has 2 aromatic heterocycles. The molecule has 2 saturated carbocycles. The Morgan fingerprint density at radius 2 is 2.08 bits per heavy atom. The van der Waals surface area contributed by atoms with Crippen LogP contribution in [0.1, 0.15) is 79.7 Å². The molecule has 0 aromatic carbocycles. The number of rotatable bonds is 4. The number of hydrogen-bond acceptors (Lipinski definition) is 5. The molecule has 1 amide bonds. The Bertz CT molecular complexity index is 755. The largest absolute Gasteiger partial charge is 0.296 e. The van der Waals surface area contributed by atoms with Crippen molar-refractivity contribution in [3.8, 4) is 0 Å². The topological polar surface area (TPSA) is 72.7 Å². The van der Waals surface area contributed by atoms with Crippen molar-refractivity contribution in [3.63, 3.8) is 0 Å². The van der Waals surface area contributed by atoms with Crippen LogP contribution in [0.5, 0.6) is 0 Å². The van der Waals surface area contributed by atoms with Crippen LogP contribution in [-0.4, -0.2) is 25.0 Å². The van der Waals surface area contributed by atoms with E-state index in [4.69, 9.17) is 0 Å². The van der Waals surface area contributed by atoms with Crippen LogP contribution in [0.25, 0.3) is 0 Å². The standard InChI is InChI=1S/C17H23N5OS/c1-17(8-9-17)15-19-16(24-21-15)18-14(23)12-10-22(2)20-13(12)11-6-4-3-5-7-11/h10-11H,3-9H2,1-2H3,(H,18,19,21,23). The maximum absolute atomic E-state index is 12.7. The van der Waals surface area contributed by atoms with Crippen molar-refractivity contribution < 1.29 is 4.79 Å². The van der Waals surface area contributed by atoms with Gasteiger partial charge in [0.25, 0.3) is 5.91 Å². The Hall–Kier alpha value is -1.76. The molecule has 0 aliphatic heterocycles. The predicted molar refractivity (Wildman–Crippen MR) is 93.5 cm³/mol. The van der Waals surface area contributed by atoms with Crippen molar-refractivity contribution in [3.05, 3.63) is 23.3 Å². The summed E-state index contributed by atoms with van der Waals surface area (Å²) < 4.78 is 6.15. The molecular formula is C17H23N5OS. The van der Waals surface area contributed by atoms with Gasteiger partial charge in [0.2, 0.25) is 5.13 Å². The van der Waals surface area contributed by atoms with E-state index in [1.807, 2.05) is 13.2 Å². The molecule has 0 spiro atoms. The lowest BCUT2D eigenvalue weighted by atomic mass is 9.85. The average molecular weight is 345 g/mol. The summed E-state index contributed by atoms with van der Waals surface area (Å²) in [6, 6.07) is 0. The van der Waals surface area contributed by atoms with Crippen LogP contribution in [0.15, 0.2) is 6.20 Å². The van der Waals surface area contributed by atoms with Crippen LogP contribution in [0.3, 0.4) is 0 Å². The minimum Gasteiger partial charge on any atom is -0.296 e. The van der Waals surface area contributed by atoms with Crippen molar-refractivity contribution in [2.24, 2.45) is 7.05 Å². The molecule has 6 nitrogen and oxygen atoms in total. The van der Waals surface area contributed by atoms with Gasteiger partial charge in [0.05, 0.1) is 11.3 Å². The second-order valence-corrected chi connectivity index (χ2v) is 8.13. The lowest BCUT2D eigenvalue weighted by molar-refractivity contribution is 0.102. The molecule has 24 heavy (non-hydrogen) atoms. The summed E-state index contributed by atoms with van der Waals surface area (Å²) >= 11 is 1.27. The summed E-state index contributed by atoms with van der Waals surface area (Å²) in [5.74, 6) is 1.14. The van der Waals surface area contributed by atoms with Crippen LogP contribution < -0.4 is 5.32 Å². The Balaban J connectivity index is 1.52. The van der Waals surface area contributed by atoms with Gasteiger partial charge in [-0.2, -0.15) is 9.47 Å². The van der Waals surface area contributed by atoms with E-state index in [1.165, 1.54) is 30.8 Å². The maximum Gasteiger partial charge on any atom is 0.260 e. The van der Waals surface area contributed by atoms with Gasteiger partial charge in [-0.3, -0.25) is 14.8 Å². The van der Waals surface area contributed by atoms with E-state index in [1.54, 1.807) is 4.68 Å². The fourth-order valence-corrected chi connectivity index (χ4v) is 4.15. The van der Waals surface area contributed by atoms with Gasteiger partial charge in [-0.25, -0.2) is 4.98 Å². The quantitative estimate of drug-likeness (QED) is 0.918. The molecule has 4 rings (SSSR count). The summed E-state index contributed by atoms with van der Waals surface area (Å²) in [6.45, 7) is 2.17. The SMILES string of the molecule is Cn1cc(C(=O)Nc2nc(C3(C)CC3)ns2)c(C2CCCCC2)n1. The summed E-state index contributed by atoms with van der Waals surface area (Å²) in [4.78, 5) is 17.2. The minimum absolute atomic E-state index is 0.118. The van der Waals surface area contributed by atoms with Gasteiger partial charge < -0.3 is 0 Å². The second kappa shape index (κ2) is 5.95. The molecule has 2 aliphatic rings. The summed E-state index contributed by atoms with van der Waals surface area (Å²) in [5, 5.41) is 8.08. The van der Waals surface area contributed by atoms with Gasteiger partial charge >= 0.3 is 0 Å². The molecule has 0 atom stereocenters. The van der Waals surface area contributed by atoms with Crippen molar-refractivity contribution >= 4 is 22.6 Å². The minimum atomic E-state index is -0.118. The fraction of sp³-hybridized carbons (Fsp3) is 0.647. The number of aromatic nitrogens is 4. The zero-order valence-corrected chi connectivity index (χ0v) is 15.0. The van der Waals surface area contributed by atoms with Gasteiger partial charge in [-0.15, -0.1) is 0 Å². The van der Waals surface area contributed by atoms with Gasteiger partial charge in [0, 0.05) is 36.1 Å². The lowest BCUT2D eigenvalue weighted by Gasteiger charge is -2.20. The van der Waals surface area contributed by atoms with Crippen LogP contribution in [0, 0.1) is 0 Å². The lowest BCUT2D eigenvalue weighted by Crippen LogP contribution is -2.16. The van der Waals surface area contributed by atoms with E-state index in [2.05, 4.69) is 26.7 Å². The summed E-state index contributed by atoms with van der Waals surface area (Å²) in [5.41, 5.74) is 1.74. The van der Waals surface area contributed by atoms with Gasteiger partial charge in [-0.05, 0) is 25.7 Å². The highest BCUT2D eigenvalue weighted by Crippen LogP contribution is 2.46. The highest BCUT2D eigenvalue weighted by atomic mass is 32.1. The van der Waals surface area contributed by atoms with Gasteiger partial charge in [0.1, 0.15) is 0 Å². The second-order valence-electron chi connectivity index (χ2n) is 7.37. The highest BCUT2D eigenvalue weighted by molar-refractivity contribution is 7.09. The van der Waals surface area contributed by atoms with Crippen LogP contribution in [-0.2, 0) is 12.5 Å². The molecule has 2 fully saturated rings. The van der Waals surface area contributed by atoms with E-state index >= 15 is 0 Å². The Morgan fingerprint density at radius 1 is 1.33 bits per heavy atom. The number of nitrogens with zero attached hydrogens (tertiary/aromatic N) is 4. The van der Waals surface area contributed by atoms with Gasteiger partial charge in [0.15, 0.2) is 5.82 Å². The van der Waals surface area contributed by atoms with Crippen molar-refractivity contribution in [2.75, 3.05) is 5.32 Å². The van der Waals surface area contributed by atoms with E-state index in [0.29, 0.717) is 16.6 Å². The van der Waals surface area contributed by atoms with E-state index < -0.39 is 0 Å². The van der Waals surface area contributed by atoms with Crippen LogP contribution >= 0.6 is 11.5 Å². The number of nitrogens with one attached hydrogen (secondary N) is 1. The van der Waals surface area contributed by atoms with Crippen molar-refractivity contribution in [2.45, 2.75) is 63.2 Å². The monoisotopic (exact) mass is 345 g/mol. The first-order chi connectivity index (χ1) is 11.5. The number of hydrogen-bond donors (Lipinski definition) is 1. The smallest absolute Gasteiger partial charge is 0.260 e. The zero-order chi connectivity index (χ0) is 16.7. The van der Waals surface area contributed by atoms with Crippen LogP contribution in [0.2, 0.25) is 0 Å². The third-order valence-electron chi connectivity index (χ3n) is 5.28. The Labute approximate surface area is 145 Å². The van der Waals surface area contributed by atoms with Crippen molar-refractivity contribution in [1.82, 2.24) is 19.1 Å². The molecule has 2 aromatic rings. The molecule has 2 aliphatic carbocycles. The average Bonchev–Trinajstić information content (AvgIpc) is 3.00. The molecular weight excluding hydrogens is 322 g/mol. The van der Waals surface area contributed by atoms with E-state index in [0.717, 1.165) is 37.2 Å². The molecule has 7 heteroatoms. The Morgan fingerprint density at radius 3 is 2.79 bits per heavy atom. The first-order valence-electron chi connectivity index (χ1n) is 8.74. The van der Waals surface area contributed by atoms with E-state index in [-0.39, 0.29) is 11.3 Å². The first kappa shape index (κ1) is 15.7. The molecule has 0 radical (unpaired) electrons. The number of amides is 1. The maximum atomic E-state index is 12.7. The summed E-state index contributed by atoms with van der Waals surface area (Å²) in [7, 11) is 1.88. The Kier molecular flexibility index (Phi) is 3.90. The number of anilines is 1. The number of carbonyl (C=O) groups is 1. The number of aryl methyl sites for hydroxylation is 1. The third kappa shape index (κ3) is 2.97. The molecule has 1 N–H and O–H groups in total. The highest BCUT2D eigenvalue weighted by Gasteiger charge is 2.43. The molecule has 0 unspecified atom stereocenters. The molecule has 128 valence electrons. The molecule has 0 saturated heterocycles. The van der Waals surface area contributed by atoms with Crippen molar-refractivity contribution in [1.29, 1.82) is 0 Å². The zero-order valence-electron chi connectivity index (χ0n) is 14.2. The molecule has 0 bridgehead atoms. The third-order valence-corrected chi connectivity index (χ3v) is 5.91.